The van der Waals surface area contributed by atoms with Crippen LogP contribution in [0.5, 0.6) is 0 Å². The van der Waals surface area contributed by atoms with Gasteiger partial charge < -0.3 is 11.1 Å². The molecule has 1 fully saturated rings. The van der Waals surface area contributed by atoms with Crippen molar-refractivity contribution < 1.29 is 4.79 Å². The average molecular weight is 233 g/mol. The number of nitrogens with zero attached hydrogens (tertiary/aromatic N) is 1. The van der Waals surface area contributed by atoms with Crippen LogP contribution in [0.4, 0.5) is 0 Å². The van der Waals surface area contributed by atoms with Crippen LogP contribution in [0.1, 0.15) is 48.2 Å². The summed E-state index contributed by atoms with van der Waals surface area (Å²) in [7, 11) is 0. The summed E-state index contributed by atoms with van der Waals surface area (Å²) in [6, 6.07) is 3.91. The lowest BCUT2D eigenvalue weighted by atomic mass is 9.95. The molecule has 0 atom stereocenters. The SMILES string of the molecule is NCc1ccc(C(=O)NC2CCCCC2)nc1. The molecule has 17 heavy (non-hydrogen) atoms. The Morgan fingerprint density at radius 1 is 1.35 bits per heavy atom. The highest BCUT2D eigenvalue weighted by atomic mass is 16.1. The molecule has 1 aliphatic rings. The summed E-state index contributed by atoms with van der Waals surface area (Å²) in [5, 5.41) is 3.04. The van der Waals surface area contributed by atoms with Gasteiger partial charge in [-0.3, -0.25) is 9.78 Å². The zero-order chi connectivity index (χ0) is 12.1. The second-order valence-electron chi connectivity index (χ2n) is 4.56. The second kappa shape index (κ2) is 5.77. The van der Waals surface area contributed by atoms with Crippen LogP contribution in [0.3, 0.4) is 0 Å². The number of nitrogens with two attached hydrogens (primary N) is 1. The standard InChI is InChI=1S/C13H19N3O/c14-8-10-6-7-12(15-9-10)13(17)16-11-4-2-1-3-5-11/h6-7,9,11H,1-5,8,14H2,(H,16,17). The van der Waals surface area contributed by atoms with Gasteiger partial charge in [0.05, 0.1) is 0 Å². The number of carbonyl (C=O) groups excluding carboxylic acids is 1. The van der Waals surface area contributed by atoms with Gasteiger partial charge in [-0.25, -0.2) is 0 Å². The number of aromatic nitrogens is 1. The third-order valence-electron chi connectivity index (χ3n) is 3.23. The van der Waals surface area contributed by atoms with Crippen molar-refractivity contribution in [3.63, 3.8) is 0 Å². The van der Waals surface area contributed by atoms with Crippen molar-refractivity contribution in [1.82, 2.24) is 10.3 Å². The maximum Gasteiger partial charge on any atom is 0.270 e. The molecular formula is C13H19N3O. The molecule has 0 bridgehead atoms. The molecule has 1 aromatic heterocycles. The van der Waals surface area contributed by atoms with Crippen LogP contribution in [0, 0.1) is 0 Å². The second-order valence-corrected chi connectivity index (χ2v) is 4.56. The molecule has 92 valence electrons. The summed E-state index contributed by atoms with van der Waals surface area (Å²) < 4.78 is 0. The minimum Gasteiger partial charge on any atom is -0.348 e. The maximum absolute atomic E-state index is 11.9. The third-order valence-corrected chi connectivity index (χ3v) is 3.23. The summed E-state index contributed by atoms with van der Waals surface area (Å²) in [5.41, 5.74) is 6.91. The molecule has 1 heterocycles. The Hall–Kier alpha value is -1.42. The molecule has 4 nitrogen and oxygen atoms in total. The van der Waals surface area contributed by atoms with Crippen molar-refractivity contribution in [2.75, 3.05) is 0 Å². The van der Waals surface area contributed by atoms with Crippen LogP contribution in [0.15, 0.2) is 18.3 Å². The normalized spacial score (nSPS) is 16.8. The fourth-order valence-electron chi connectivity index (χ4n) is 2.19. The Kier molecular flexibility index (Phi) is 4.09. The number of rotatable bonds is 3. The van der Waals surface area contributed by atoms with Gasteiger partial charge >= 0.3 is 0 Å². The van der Waals surface area contributed by atoms with Gasteiger partial charge in [-0.1, -0.05) is 25.3 Å². The summed E-state index contributed by atoms with van der Waals surface area (Å²) in [5.74, 6) is -0.0690. The molecule has 0 radical (unpaired) electrons. The zero-order valence-corrected chi connectivity index (χ0v) is 9.98. The van der Waals surface area contributed by atoms with Gasteiger partial charge in [0.2, 0.25) is 0 Å². The molecule has 0 aliphatic heterocycles. The van der Waals surface area contributed by atoms with E-state index >= 15 is 0 Å². The van der Waals surface area contributed by atoms with Crippen LogP contribution < -0.4 is 11.1 Å². The highest BCUT2D eigenvalue weighted by Crippen LogP contribution is 2.17. The van der Waals surface area contributed by atoms with E-state index in [0.29, 0.717) is 18.3 Å². The van der Waals surface area contributed by atoms with Crippen LogP contribution in [0.2, 0.25) is 0 Å². The first kappa shape index (κ1) is 12.0. The molecule has 4 heteroatoms. The number of pyridine rings is 1. The van der Waals surface area contributed by atoms with E-state index in [1.54, 1.807) is 12.3 Å². The first-order valence-corrected chi connectivity index (χ1v) is 6.25. The number of nitrogens with one attached hydrogen (secondary N) is 1. The van der Waals surface area contributed by atoms with Crippen LogP contribution >= 0.6 is 0 Å². The van der Waals surface area contributed by atoms with Crippen molar-refractivity contribution in [3.05, 3.63) is 29.6 Å². The van der Waals surface area contributed by atoms with E-state index in [-0.39, 0.29) is 5.91 Å². The van der Waals surface area contributed by atoms with E-state index in [1.807, 2.05) is 6.07 Å². The molecule has 1 amide bonds. The lowest BCUT2D eigenvalue weighted by molar-refractivity contribution is 0.0922. The third kappa shape index (κ3) is 3.27. The Morgan fingerprint density at radius 2 is 2.12 bits per heavy atom. The quantitative estimate of drug-likeness (QED) is 0.833. The molecule has 1 saturated carbocycles. The van der Waals surface area contributed by atoms with E-state index in [1.165, 1.54) is 19.3 Å². The van der Waals surface area contributed by atoms with Gasteiger partial charge in [-0.15, -0.1) is 0 Å². The Morgan fingerprint density at radius 3 is 2.71 bits per heavy atom. The lowest BCUT2D eigenvalue weighted by Crippen LogP contribution is -2.36. The van der Waals surface area contributed by atoms with Gasteiger partial charge in [0.1, 0.15) is 5.69 Å². The molecular weight excluding hydrogens is 214 g/mol. The maximum atomic E-state index is 11.9. The molecule has 1 aromatic rings. The highest BCUT2D eigenvalue weighted by Gasteiger charge is 2.16. The minimum absolute atomic E-state index is 0.0690. The molecule has 2 rings (SSSR count). The van der Waals surface area contributed by atoms with E-state index in [0.717, 1.165) is 18.4 Å². The summed E-state index contributed by atoms with van der Waals surface area (Å²) in [6.07, 6.45) is 7.56. The first-order chi connectivity index (χ1) is 8.29. The summed E-state index contributed by atoms with van der Waals surface area (Å²) in [4.78, 5) is 16.0. The van der Waals surface area contributed by atoms with Gasteiger partial charge in [0.15, 0.2) is 0 Å². The van der Waals surface area contributed by atoms with E-state index in [2.05, 4.69) is 10.3 Å². The monoisotopic (exact) mass is 233 g/mol. The molecule has 0 aromatic carbocycles. The van der Waals surface area contributed by atoms with Crippen LogP contribution in [-0.4, -0.2) is 16.9 Å². The van der Waals surface area contributed by atoms with Crippen molar-refractivity contribution in [3.8, 4) is 0 Å². The van der Waals surface area contributed by atoms with Crippen molar-refractivity contribution >= 4 is 5.91 Å². The number of hydrogen-bond acceptors (Lipinski definition) is 3. The van der Waals surface area contributed by atoms with Crippen molar-refractivity contribution in [2.45, 2.75) is 44.7 Å². The summed E-state index contributed by atoms with van der Waals surface area (Å²) in [6.45, 7) is 0.456. The number of amides is 1. The lowest BCUT2D eigenvalue weighted by Gasteiger charge is -2.22. The predicted molar refractivity (Wildman–Crippen MR) is 66.5 cm³/mol. The van der Waals surface area contributed by atoms with Gasteiger partial charge in [-0.2, -0.15) is 0 Å². The first-order valence-electron chi connectivity index (χ1n) is 6.25. The molecule has 0 unspecified atom stereocenters. The van der Waals surface area contributed by atoms with Crippen LogP contribution in [-0.2, 0) is 6.54 Å². The summed E-state index contributed by atoms with van der Waals surface area (Å²) >= 11 is 0. The van der Waals surface area contributed by atoms with Gasteiger partial charge in [0, 0.05) is 18.8 Å². The van der Waals surface area contributed by atoms with Gasteiger partial charge in [-0.05, 0) is 24.5 Å². The Balaban J connectivity index is 1.93. The van der Waals surface area contributed by atoms with Crippen molar-refractivity contribution in [2.24, 2.45) is 5.73 Å². The fraction of sp³-hybridized carbons (Fsp3) is 0.538. The largest absolute Gasteiger partial charge is 0.348 e. The molecule has 0 spiro atoms. The fourth-order valence-corrected chi connectivity index (χ4v) is 2.19. The predicted octanol–water partition coefficient (Wildman–Crippen LogP) is 1.60. The number of carbonyl (C=O) groups is 1. The minimum atomic E-state index is -0.0690. The zero-order valence-electron chi connectivity index (χ0n) is 9.98. The van der Waals surface area contributed by atoms with E-state index in [9.17, 15) is 4.79 Å². The molecule has 3 N–H and O–H groups in total. The number of hydrogen-bond donors (Lipinski definition) is 2. The Labute approximate surface area is 102 Å². The molecule has 0 saturated heterocycles. The topological polar surface area (TPSA) is 68.0 Å². The molecule has 1 aliphatic carbocycles. The van der Waals surface area contributed by atoms with E-state index in [4.69, 9.17) is 5.73 Å². The Bertz CT molecular complexity index is 369. The smallest absolute Gasteiger partial charge is 0.270 e. The van der Waals surface area contributed by atoms with Gasteiger partial charge in [0.25, 0.3) is 5.91 Å². The average Bonchev–Trinajstić information content (AvgIpc) is 2.40. The van der Waals surface area contributed by atoms with Crippen LogP contribution in [0.25, 0.3) is 0 Å². The highest BCUT2D eigenvalue weighted by molar-refractivity contribution is 5.92. The van der Waals surface area contributed by atoms with Crippen molar-refractivity contribution in [1.29, 1.82) is 0 Å². The van der Waals surface area contributed by atoms with E-state index < -0.39 is 0 Å².